The molecule has 2 rings (SSSR count). The number of rotatable bonds is 4. The number of ether oxygens (including phenoxy) is 1. The summed E-state index contributed by atoms with van der Waals surface area (Å²) in [6.45, 7) is 2.79. The molecule has 0 aliphatic rings. The van der Waals surface area contributed by atoms with Crippen LogP contribution >= 0.6 is 0 Å². The molecule has 0 bridgehead atoms. The minimum Gasteiger partial charge on any atom is -0.465 e. The highest BCUT2D eigenvalue weighted by Gasteiger charge is 2.25. The quantitative estimate of drug-likeness (QED) is 0.810. The number of furan rings is 1. The lowest BCUT2D eigenvalue weighted by Gasteiger charge is -2.05. The van der Waals surface area contributed by atoms with Crippen LogP contribution in [-0.2, 0) is 9.53 Å². The van der Waals surface area contributed by atoms with Gasteiger partial charge in [0.1, 0.15) is 28.8 Å². The summed E-state index contributed by atoms with van der Waals surface area (Å²) in [5, 5.41) is 14.1. The molecule has 0 aliphatic carbocycles. The number of carbonyl (C=O) groups excluding carboxylic acids is 3. The standard InChI is InChI=1S/C16H14N4O5/c1-8-13(16(23)24-3)11(7-17)15(25-8)20-14(22)10-4-5-18-12(6-10)19-9(2)21/h4-6H,1-3H3,(H,20,22)(H,18,19,21). The fourth-order valence-corrected chi connectivity index (χ4v) is 2.08. The van der Waals surface area contributed by atoms with Gasteiger partial charge < -0.3 is 14.5 Å². The smallest absolute Gasteiger partial charge is 0.342 e. The Bertz CT molecular complexity index is 894. The van der Waals surface area contributed by atoms with Crippen LogP contribution in [0.1, 0.15) is 39.0 Å². The lowest BCUT2D eigenvalue weighted by Crippen LogP contribution is -2.14. The van der Waals surface area contributed by atoms with Crippen molar-refractivity contribution in [2.75, 3.05) is 17.7 Å². The predicted octanol–water partition coefficient (Wildman–Crippen LogP) is 1.85. The largest absolute Gasteiger partial charge is 0.465 e. The first kappa shape index (κ1) is 17.7. The van der Waals surface area contributed by atoms with Crippen molar-refractivity contribution in [3.8, 4) is 6.07 Å². The SMILES string of the molecule is COC(=O)c1c(C)oc(NC(=O)c2ccnc(NC(C)=O)c2)c1C#N. The van der Waals surface area contributed by atoms with Gasteiger partial charge in [0.05, 0.1) is 7.11 Å². The predicted molar refractivity (Wildman–Crippen MR) is 86.0 cm³/mol. The molecule has 2 aromatic rings. The summed E-state index contributed by atoms with van der Waals surface area (Å²) in [6.07, 6.45) is 1.35. The Morgan fingerprint density at radius 1 is 1.32 bits per heavy atom. The van der Waals surface area contributed by atoms with Crippen molar-refractivity contribution in [1.29, 1.82) is 5.26 Å². The van der Waals surface area contributed by atoms with Gasteiger partial charge in [-0.1, -0.05) is 0 Å². The van der Waals surface area contributed by atoms with E-state index < -0.39 is 11.9 Å². The maximum absolute atomic E-state index is 12.3. The van der Waals surface area contributed by atoms with Gasteiger partial charge in [0, 0.05) is 18.7 Å². The molecule has 0 atom stereocenters. The second-order valence-electron chi connectivity index (χ2n) is 4.91. The number of anilines is 2. The van der Waals surface area contributed by atoms with E-state index in [4.69, 9.17) is 4.42 Å². The second kappa shape index (κ2) is 7.27. The van der Waals surface area contributed by atoms with Gasteiger partial charge in [-0.2, -0.15) is 5.26 Å². The van der Waals surface area contributed by atoms with Crippen LogP contribution in [0.2, 0.25) is 0 Å². The highest BCUT2D eigenvalue weighted by molar-refractivity contribution is 6.06. The van der Waals surface area contributed by atoms with Crippen molar-refractivity contribution in [3.63, 3.8) is 0 Å². The Hall–Kier alpha value is -3.67. The summed E-state index contributed by atoms with van der Waals surface area (Å²) in [6, 6.07) is 4.60. The Kier molecular flexibility index (Phi) is 5.14. The van der Waals surface area contributed by atoms with Crippen LogP contribution in [0.5, 0.6) is 0 Å². The molecule has 0 spiro atoms. The average Bonchev–Trinajstić information content (AvgIpc) is 2.88. The number of aromatic nitrogens is 1. The number of esters is 1. The maximum atomic E-state index is 12.3. The summed E-state index contributed by atoms with van der Waals surface area (Å²) in [5.74, 6) is -1.49. The first-order valence-electron chi connectivity index (χ1n) is 7.04. The minimum atomic E-state index is -0.741. The molecule has 9 nitrogen and oxygen atoms in total. The van der Waals surface area contributed by atoms with E-state index in [2.05, 4.69) is 20.4 Å². The fourth-order valence-electron chi connectivity index (χ4n) is 2.08. The van der Waals surface area contributed by atoms with E-state index in [-0.39, 0.29) is 40.1 Å². The van der Waals surface area contributed by atoms with Gasteiger partial charge in [0.15, 0.2) is 0 Å². The summed E-state index contributed by atoms with van der Waals surface area (Å²) in [7, 11) is 1.18. The maximum Gasteiger partial charge on any atom is 0.342 e. The van der Waals surface area contributed by atoms with Gasteiger partial charge in [-0.3, -0.25) is 14.9 Å². The minimum absolute atomic E-state index is 0.0473. The van der Waals surface area contributed by atoms with E-state index in [1.165, 1.54) is 39.3 Å². The summed E-state index contributed by atoms with van der Waals surface area (Å²) < 4.78 is 9.91. The zero-order valence-corrected chi connectivity index (χ0v) is 13.7. The molecule has 9 heteroatoms. The molecule has 2 aromatic heterocycles. The van der Waals surface area contributed by atoms with E-state index in [0.717, 1.165) is 0 Å². The Balaban J connectivity index is 2.31. The molecule has 0 radical (unpaired) electrons. The van der Waals surface area contributed by atoms with Gasteiger partial charge in [0.2, 0.25) is 11.8 Å². The van der Waals surface area contributed by atoms with Crippen molar-refractivity contribution < 1.29 is 23.5 Å². The summed E-state index contributed by atoms with van der Waals surface area (Å²) >= 11 is 0. The molecule has 0 aliphatic heterocycles. The van der Waals surface area contributed by atoms with Crippen molar-refractivity contribution in [1.82, 2.24) is 4.98 Å². The molecule has 0 unspecified atom stereocenters. The van der Waals surface area contributed by atoms with Gasteiger partial charge >= 0.3 is 5.97 Å². The van der Waals surface area contributed by atoms with E-state index >= 15 is 0 Å². The van der Waals surface area contributed by atoms with E-state index in [1.807, 2.05) is 6.07 Å². The van der Waals surface area contributed by atoms with Crippen LogP contribution in [0.3, 0.4) is 0 Å². The number of pyridine rings is 1. The zero-order valence-electron chi connectivity index (χ0n) is 13.7. The van der Waals surface area contributed by atoms with Crippen LogP contribution in [-0.4, -0.2) is 29.9 Å². The normalized spacial score (nSPS) is 9.84. The third-order valence-corrected chi connectivity index (χ3v) is 3.14. The molecule has 0 saturated heterocycles. The van der Waals surface area contributed by atoms with Crippen LogP contribution in [0.15, 0.2) is 22.7 Å². The van der Waals surface area contributed by atoms with Crippen molar-refractivity contribution in [2.24, 2.45) is 0 Å². The number of carbonyl (C=O) groups is 3. The highest BCUT2D eigenvalue weighted by atomic mass is 16.5. The molecule has 2 heterocycles. The molecule has 0 fully saturated rings. The van der Waals surface area contributed by atoms with E-state index in [0.29, 0.717) is 0 Å². The molecule has 128 valence electrons. The van der Waals surface area contributed by atoms with E-state index in [9.17, 15) is 19.6 Å². The van der Waals surface area contributed by atoms with Crippen molar-refractivity contribution >= 4 is 29.5 Å². The number of hydrogen-bond acceptors (Lipinski definition) is 7. The first-order chi connectivity index (χ1) is 11.9. The Morgan fingerprint density at radius 3 is 2.64 bits per heavy atom. The van der Waals surface area contributed by atoms with Gasteiger partial charge in [0.25, 0.3) is 5.91 Å². The topological polar surface area (TPSA) is 134 Å². The lowest BCUT2D eigenvalue weighted by molar-refractivity contribution is -0.114. The second-order valence-corrected chi connectivity index (χ2v) is 4.91. The molecular weight excluding hydrogens is 328 g/mol. The zero-order chi connectivity index (χ0) is 18.6. The van der Waals surface area contributed by atoms with Crippen molar-refractivity contribution in [2.45, 2.75) is 13.8 Å². The Labute approximate surface area is 142 Å². The lowest BCUT2D eigenvalue weighted by atomic mass is 10.1. The molecule has 25 heavy (non-hydrogen) atoms. The number of nitrogens with one attached hydrogen (secondary N) is 2. The van der Waals surface area contributed by atoms with Crippen molar-refractivity contribution in [3.05, 3.63) is 40.8 Å². The molecule has 2 amide bonds. The number of hydrogen-bond donors (Lipinski definition) is 2. The van der Waals surface area contributed by atoms with Crippen LogP contribution in [0.25, 0.3) is 0 Å². The van der Waals surface area contributed by atoms with E-state index in [1.54, 1.807) is 0 Å². The first-order valence-corrected chi connectivity index (χ1v) is 7.04. The number of aryl methyl sites for hydroxylation is 1. The van der Waals surface area contributed by atoms with Gasteiger partial charge in [-0.05, 0) is 19.1 Å². The number of methoxy groups -OCH3 is 1. The molecule has 0 aromatic carbocycles. The van der Waals surface area contributed by atoms with Crippen LogP contribution < -0.4 is 10.6 Å². The number of nitrogens with zero attached hydrogens (tertiary/aromatic N) is 2. The number of nitriles is 1. The van der Waals surface area contributed by atoms with Gasteiger partial charge in [-0.15, -0.1) is 0 Å². The molecular formula is C16H14N4O5. The summed E-state index contributed by atoms with van der Waals surface area (Å²) in [5.41, 5.74) is -0.000819. The van der Waals surface area contributed by atoms with Crippen LogP contribution in [0.4, 0.5) is 11.7 Å². The summed E-state index contributed by atoms with van der Waals surface area (Å²) in [4.78, 5) is 39.0. The van der Waals surface area contributed by atoms with Gasteiger partial charge in [-0.25, -0.2) is 9.78 Å². The fraction of sp³-hybridized carbons (Fsp3) is 0.188. The molecule has 2 N–H and O–H groups in total. The van der Waals surface area contributed by atoms with Crippen LogP contribution in [0, 0.1) is 18.3 Å². The third-order valence-electron chi connectivity index (χ3n) is 3.14. The monoisotopic (exact) mass is 342 g/mol. The third kappa shape index (κ3) is 3.81. The average molecular weight is 342 g/mol. The Morgan fingerprint density at radius 2 is 2.04 bits per heavy atom. The highest BCUT2D eigenvalue weighted by Crippen LogP contribution is 2.27. The number of amides is 2. The molecule has 0 saturated carbocycles.